The third-order valence-corrected chi connectivity index (χ3v) is 2.93. The summed E-state index contributed by atoms with van der Waals surface area (Å²) in [5, 5.41) is 20.3. The summed E-state index contributed by atoms with van der Waals surface area (Å²) >= 11 is 5.52. The summed E-state index contributed by atoms with van der Waals surface area (Å²) in [7, 11) is 1.90. The maximum atomic E-state index is 9.34. The second-order valence-electron chi connectivity index (χ2n) is 4.03. The van der Waals surface area contributed by atoms with Crippen molar-refractivity contribution >= 4 is 17.3 Å². The van der Waals surface area contributed by atoms with E-state index in [4.69, 9.17) is 11.6 Å². The molecule has 5 nitrogen and oxygen atoms in total. The number of aliphatic hydroxyl groups is 1. The van der Waals surface area contributed by atoms with Gasteiger partial charge >= 0.3 is 0 Å². The molecule has 0 aliphatic heterocycles. The zero-order valence-electron chi connectivity index (χ0n) is 10.0. The molecule has 1 unspecified atom stereocenters. The highest BCUT2D eigenvalue weighted by Crippen LogP contribution is 2.18. The zero-order chi connectivity index (χ0) is 13.0. The number of hydrogen-bond donors (Lipinski definition) is 2. The summed E-state index contributed by atoms with van der Waals surface area (Å²) in [6.07, 6.45) is 1.13. The molecule has 0 fully saturated rings. The molecule has 96 valence electrons. The van der Waals surface area contributed by atoms with Crippen LogP contribution in [0.1, 0.15) is 0 Å². The van der Waals surface area contributed by atoms with Crippen LogP contribution < -0.4 is 5.32 Å². The quantitative estimate of drug-likeness (QED) is 0.805. The maximum Gasteiger partial charge on any atom is 0.163 e. The molecule has 18 heavy (non-hydrogen) atoms. The lowest BCUT2D eigenvalue weighted by atomic mass is 10.2. The second-order valence-corrected chi connectivity index (χ2v) is 4.34. The van der Waals surface area contributed by atoms with Crippen molar-refractivity contribution in [1.29, 1.82) is 0 Å². The van der Waals surface area contributed by atoms with Gasteiger partial charge in [0.25, 0.3) is 0 Å². The molecule has 2 N–H and O–H groups in total. The van der Waals surface area contributed by atoms with E-state index in [1.807, 2.05) is 35.9 Å². The Bertz CT molecular complexity index is 497. The molecule has 2 rings (SSSR count). The summed E-state index contributed by atoms with van der Waals surface area (Å²) in [5.41, 5.74) is 1.93. The highest BCUT2D eigenvalue weighted by Gasteiger charge is 2.05. The summed E-state index contributed by atoms with van der Waals surface area (Å²) < 4.78 is 1.86. The number of benzene rings is 1. The van der Waals surface area contributed by atoms with Crippen molar-refractivity contribution in [3.63, 3.8) is 0 Å². The number of aliphatic hydroxyl groups excluding tert-OH is 1. The molecule has 2 aromatic rings. The van der Waals surface area contributed by atoms with E-state index in [2.05, 4.69) is 15.5 Å². The van der Waals surface area contributed by atoms with E-state index in [0.717, 1.165) is 17.1 Å². The first-order valence-electron chi connectivity index (χ1n) is 5.63. The Balaban J connectivity index is 2.04. The van der Waals surface area contributed by atoms with Gasteiger partial charge in [0.15, 0.2) is 5.82 Å². The molecule has 0 radical (unpaired) electrons. The lowest BCUT2D eigenvalue weighted by Crippen LogP contribution is -2.20. The Kier molecular flexibility index (Phi) is 4.17. The molecule has 1 heterocycles. The van der Waals surface area contributed by atoms with E-state index in [1.165, 1.54) is 0 Å². The predicted octanol–water partition coefficient (Wildman–Crippen LogP) is 1.49. The minimum Gasteiger partial charge on any atom is -0.390 e. The Labute approximate surface area is 110 Å². The van der Waals surface area contributed by atoms with Gasteiger partial charge in [-0.3, -0.25) is 0 Å². The number of aromatic nitrogens is 3. The average Bonchev–Trinajstić information content (AvgIpc) is 2.83. The first-order chi connectivity index (χ1) is 8.70. The lowest BCUT2D eigenvalue weighted by molar-refractivity contribution is 0.211. The van der Waals surface area contributed by atoms with E-state index in [-0.39, 0.29) is 5.88 Å². The van der Waals surface area contributed by atoms with Gasteiger partial charge in [-0.15, -0.1) is 21.8 Å². The van der Waals surface area contributed by atoms with Crippen LogP contribution in [0.2, 0.25) is 0 Å². The maximum absolute atomic E-state index is 9.34. The average molecular weight is 267 g/mol. The Morgan fingerprint density at radius 1 is 1.39 bits per heavy atom. The number of nitrogens with zero attached hydrogens (tertiary/aromatic N) is 3. The van der Waals surface area contributed by atoms with Gasteiger partial charge in [0.2, 0.25) is 0 Å². The molecule has 0 spiro atoms. The van der Waals surface area contributed by atoms with Gasteiger partial charge in [-0.25, -0.2) is 0 Å². The molecule has 1 atom stereocenters. The second kappa shape index (κ2) is 5.84. The predicted molar refractivity (Wildman–Crippen MR) is 71.7 cm³/mol. The van der Waals surface area contributed by atoms with Gasteiger partial charge in [0.05, 0.1) is 12.0 Å². The Hall–Kier alpha value is -1.59. The molecule has 1 aromatic carbocycles. The van der Waals surface area contributed by atoms with Crippen LogP contribution in [-0.2, 0) is 7.05 Å². The minimum absolute atomic E-state index is 0.226. The van der Waals surface area contributed by atoms with Crippen LogP contribution in [-0.4, -0.2) is 38.4 Å². The van der Waals surface area contributed by atoms with Gasteiger partial charge < -0.3 is 15.0 Å². The monoisotopic (exact) mass is 266 g/mol. The fraction of sp³-hybridized carbons (Fsp3) is 0.333. The van der Waals surface area contributed by atoms with E-state index >= 15 is 0 Å². The lowest BCUT2D eigenvalue weighted by Gasteiger charge is -2.10. The molecule has 6 heteroatoms. The van der Waals surface area contributed by atoms with Crippen LogP contribution in [0.4, 0.5) is 5.69 Å². The number of aryl methyl sites for hydroxylation is 1. The topological polar surface area (TPSA) is 63.0 Å². The molecule has 0 aliphatic carbocycles. The largest absolute Gasteiger partial charge is 0.390 e. The molecule has 0 aliphatic rings. The van der Waals surface area contributed by atoms with Gasteiger partial charge in [0.1, 0.15) is 6.33 Å². The van der Waals surface area contributed by atoms with Crippen LogP contribution in [0.3, 0.4) is 0 Å². The molecule has 0 bridgehead atoms. The van der Waals surface area contributed by atoms with Crippen molar-refractivity contribution in [2.45, 2.75) is 6.10 Å². The minimum atomic E-state index is -0.537. The van der Waals surface area contributed by atoms with Crippen molar-refractivity contribution in [2.75, 3.05) is 17.7 Å². The fourth-order valence-corrected chi connectivity index (χ4v) is 1.68. The van der Waals surface area contributed by atoms with E-state index in [9.17, 15) is 5.11 Å². The van der Waals surface area contributed by atoms with Crippen LogP contribution in [0.25, 0.3) is 11.4 Å². The van der Waals surface area contributed by atoms with Crippen LogP contribution in [0.15, 0.2) is 30.6 Å². The smallest absolute Gasteiger partial charge is 0.163 e. The zero-order valence-corrected chi connectivity index (χ0v) is 10.8. The molecule has 0 saturated carbocycles. The number of anilines is 1. The molecular weight excluding hydrogens is 252 g/mol. The third kappa shape index (κ3) is 3.00. The van der Waals surface area contributed by atoms with Crippen molar-refractivity contribution in [3.05, 3.63) is 30.6 Å². The van der Waals surface area contributed by atoms with Crippen LogP contribution in [0.5, 0.6) is 0 Å². The first-order valence-corrected chi connectivity index (χ1v) is 6.16. The van der Waals surface area contributed by atoms with Crippen LogP contribution >= 0.6 is 11.6 Å². The van der Waals surface area contributed by atoms with Crippen molar-refractivity contribution in [2.24, 2.45) is 7.05 Å². The van der Waals surface area contributed by atoms with E-state index < -0.39 is 6.10 Å². The molecule has 0 saturated heterocycles. The van der Waals surface area contributed by atoms with E-state index in [1.54, 1.807) is 6.33 Å². The Morgan fingerprint density at radius 3 is 2.67 bits per heavy atom. The number of hydrogen-bond acceptors (Lipinski definition) is 4. The summed E-state index contributed by atoms with van der Waals surface area (Å²) in [6.45, 7) is 0.437. The van der Waals surface area contributed by atoms with Crippen molar-refractivity contribution in [1.82, 2.24) is 14.8 Å². The fourth-order valence-electron chi connectivity index (χ4n) is 1.57. The number of alkyl halides is 1. The van der Waals surface area contributed by atoms with Crippen LogP contribution in [0, 0.1) is 0 Å². The van der Waals surface area contributed by atoms with Gasteiger partial charge in [-0.05, 0) is 24.3 Å². The van der Waals surface area contributed by atoms with Gasteiger partial charge in [-0.2, -0.15) is 0 Å². The van der Waals surface area contributed by atoms with Gasteiger partial charge in [-0.1, -0.05) is 0 Å². The SMILES string of the molecule is Cn1cnnc1-c1ccc(NCC(O)CCl)cc1. The number of nitrogens with one attached hydrogen (secondary N) is 1. The van der Waals surface area contributed by atoms with E-state index in [0.29, 0.717) is 6.54 Å². The number of rotatable bonds is 5. The molecule has 0 amide bonds. The van der Waals surface area contributed by atoms with Crippen molar-refractivity contribution < 1.29 is 5.11 Å². The summed E-state index contributed by atoms with van der Waals surface area (Å²) in [5.74, 6) is 1.05. The summed E-state index contributed by atoms with van der Waals surface area (Å²) in [4.78, 5) is 0. The van der Waals surface area contributed by atoms with Gasteiger partial charge in [0, 0.05) is 24.8 Å². The normalized spacial score (nSPS) is 12.4. The highest BCUT2D eigenvalue weighted by molar-refractivity contribution is 6.18. The third-order valence-electron chi connectivity index (χ3n) is 2.57. The summed E-state index contributed by atoms with van der Waals surface area (Å²) in [6, 6.07) is 7.79. The molecule has 1 aromatic heterocycles. The number of halogens is 1. The first kappa shape index (κ1) is 12.9. The highest BCUT2D eigenvalue weighted by atomic mass is 35.5. The standard InChI is InChI=1S/C12H15ClN4O/c1-17-8-15-16-12(17)9-2-4-10(5-3-9)14-7-11(18)6-13/h2-5,8,11,14,18H,6-7H2,1H3. The molecular formula is C12H15ClN4O. The van der Waals surface area contributed by atoms with Crippen molar-refractivity contribution in [3.8, 4) is 11.4 Å². The Morgan fingerprint density at radius 2 is 2.11 bits per heavy atom.